The highest BCUT2D eigenvalue weighted by Gasteiger charge is 2.30. The van der Waals surface area contributed by atoms with Gasteiger partial charge in [-0.2, -0.15) is 5.32 Å². The van der Waals surface area contributed by atoms with Gasteiger partial charge in [0.25, 0.3) is 0 Å². The fourth-order valence-electron chi connectivity index (χ4n) is 5.53. The predicted octanol–water partition coefficient (Wildman–Crippen LogP) is 4.54. The van der Waals surface area contributed by atoms with Gasteiger partial charge in [-0.05, 0) is 80.9 Å². The first-order chi connectivity index (χ1) is 14.0. The molecule has 6 heteroatoms. The maximum Gasteiger partial charge on any atom is 0.346 e. The number of carbonyl (C=O) groups is 2. The second kappa shape index (κ2) is 8.74. The highest BCUT2D eigenvalue weighted by molar-refractivity contribution is 6.05. The molecule has 3 aliphatic rings. The molecule has 1 radical (unpaired) electrons. The highest BCUT2D eigenvalue weighted by Crippen LogP contribution is 2.40. The second-order valence-electron chi connectivity index (χ2n) is 9.08. The molecule has 1 aromatic carbocycles. The van der Waals surface area contributed by atoms with Crippen LogP contribution in [0.1, 0.15) is 93.0 Å². The zero-order chi connectivity index (χ0) is 20.4. The Balaban J connectivity index is 1.35. The van der Waals surface area contributed by atoms with Gasteiger partial charge >= 0.3 is 6.03 Å². The molecule has 2 saturated carbocycles. The van der Waals surface area contributed by atoms with E-state index in [-0.39, 0.29) is 6.03 Å². The van der Waals surface area contributed by atoms with Gasteiger partial charge in [-0.25, -0.2) is 4.79 Å². The average Bonchev–Trinajstić information content (AvgIpc) is 3.08. The van der Waals surface area contributed by atoms with E-state index in [9.17, 15) is 9.59 Å². The van der Waals surface area contributed by atoms with Gasteiger partial charge in [0, 0.05) is 17.6 Å². The molecule has 4 rings (SSSR count). The Bertz CT molecular complexity index is 762. The van der Waals surface area contributed by atoms with Gasteiger partial charge in [-0.1, -0.05) is 19.8 Å². The van der Waals surface area contributed by atoms with Gasteiger partial charge in [0.15, 0.2) is 0 Å². The fourth-order valence-corrected chi connectivity index (χ4v) is 5.53. The molecule has 1 heterocycles. The summed E-state index contributed by atoms with van der Waals surface area (Å²) in [7, 11) is 0. The van der Waals surface area contributed by atoms with Crippen molar-refractivity contribution in [2.24, 2.45) is 11.7 Å². The molecule has 1 aliphatic heterocycles. The van der Waals surface area contributed by atoms with Crippen LogP contribution in [-0.4, -0.2) is 24.0 Å². The molecule has 2 fully saturated rings. The molecule has 0 spiro atoms. The molecular weight excluding hydrogens is 364 g/mol. The van der Waals surface area contributed by atoms with Crippen molar-refractivity contribution >= 4 is 23.3 Å². The molecule has 157 valence electrons. The van der Waals surface area contributed by atoms with Crippen LogP contribution in [0.3, 0.4) is 0 Å². The van der Waals surface area contributed by atoms with Crippen LogP contribution in [0.2, 0.25) is 0 Å². The lowest BCUT2D eigenvalue weighted by Gasteiger charge is -2.36. The monoisotopic (exact) mass is 397 g/mol. The molecule has 0 saturated heterocycles. The summed E-state index contributed by atoms with van der Waals surface area (Å²) in [5.41, 5.74) is 8.32. The lowest BCUT2D eigenvalue weighted by atomic mass is 9.78. The third kappa shape index (κ3) is 4.58. The third-order valence-electron chi connectivity index (χ3n) is 7.08. The lowest BCUT2D eigenvalue weighted by molar-refractivity contribution is 0.0998. The Labute approximate surface area is 173 Å². The molecule has 1 aromatic rings. The number of hydrogen-bond donors (Lipinski definition) is 3. The smallest absolute Gasteiger partial charge is 0.346 e. The Morgan fingerprint density at radius 3 is 2.38 bits per heavy atom. The Morgan fingerprint density at radius 1 is 1.10 bits per heavy atom. The van der Waals surface area contributed by atoms with E-state index in [0.717, 1.165) is 37.2 Å². The second-order valence-corrected chi connectivity index (χ2v) is 9.08. The van der Waals surface area contributed by atoms with E-state index in [0.29, 0.717) is 34.9 Å². The number of rotatable bonds is 6. The van der Waals surface area contributed by atoms with E-state index in [4.69, 9.17) is 5.73 Å². The van der Waals surface area contributed by atoms with Crippen molar-refractivity contribution in [3.63, 3.8) is 0 Å². The van der Waals surface area contributed by atoms with Crippen molar-refractivity contribution in [1.29, 1.82) is 0 Å². The molecule has 0 atom stereocenters. The summed E-state index contributed by atoms with van der Waals surface area (Å²) in [6.07, 6.45) is 12.4. The van der Waals surface area contributed by atoms with E-state index < -0.39 is 5.91 Å². The van der Waals surface area contributed by atoms with Gasteiger partial charge < -0.3 is 16.4 Å². The topological polar surface area (TPSA) is 98.3 Å². The van der Waals surface area contributed by atoms with Crippen LogP contribution in [0.25, 0.3) is 0 Å². The Kier molecular flexibility index (Phi) is 6.09. The minimum absolute atomic E-state index is 0.304. The largest absolute Gasteiger partial charge is 0.366 e. The van der Waals surface area contributed by atoms with Crippen LogP contribution in [-0.2, 0) is 0 Å². The summed E-state index contributed by atoms with van der Waals surface area (Å²) in [5, 5.41) is 10.6. The van der Waals surface area contributed by atoms with Gasteiger partial charge in [-0.15, -0.1) is 0 Å². The number of nitrogens with two attached hydrogens (primary N) is 1. The standard InChI is InChI=1S/C23H33N4O2/c1-2-3-14-4-8-16(9-5-14)25-17-10-6-15(7-11-17)18-12-20-21(27-23(29)26-20)13-19(18)22(24)28/h12-17,25H,2-11H2,1H3,(H2,24,28)(H,26,29). The molecule has 4 N–H and O–H groups in total. The van der Waals surface area contributed by atoms with Crippen LogP contribution in [0.15, 0.2) is 12.1 Å². The van der Waals surface area contributed by atoms with Crippen LogP contribution in [0.5, 0.6) is 0 Å². The van der Waals surface area contributed by atoms with Crippen LogP contribution < -0.4 is 21.7 Å². The zero-order valence-corrected chi connectivity index (χ0v) is 17.4. The summed E-state index contributed by atoms with van der Waals surface area (Å²) < 4.78 is 0. The predicted molar refractivity (Wildman–Crippen MR) is 115 cm³/mol. The van der Waals surface area contributed by atoms with Crippen LogP contribution in [0, 0.1) is 5.92 Å². The maximum atomic E-state index is 12.0. The summed E-state index contributed by atoms with van der Waals surface area (Å²) in [4.78, 5) is 23.6. The first-order valence-electron chi connectivity index (χ1n) is 11.3. The van der Waals surface area contributed by atoms with E-state index in [1.54, 1.807) is 6.07 Å². The van der Waals surface area contributed by atoms with Crippen molar-refractivity contribution in [3.8, 4) is 0 Å². The van der Waals surface area contributed by atoms with Crippen molar-refractivity contribution in [3.05, 3.63) is 23.3 Å². The minimum Gasteiger partial charge on any atom is -0.366 e. The molecule has 3 amide bonds. The van der Waals surface area contributed by atoms with Crippen molar-refractivity contribution in [2.45, 2.75) is 89.1 Å². The molecule has 0 aromatic heterocycles. The van der Waals surface area contributed by atoms with E-state index in [1.165, 1.54) is 38.5 Å². The third-order valence-corrected chi connectivity index (χ3v) is 7.08. The van der Waals surface area contributed by atoms with E-state index in [1.807, 2.05) is 6.07 Å². The molecule has 2 aliphatic carbocycles. The van der Waals surface area contributed by atoms with Crippen LogP contribution in [0.4, 0.5) is 16.2 Å². The molecule has 29 heavy (non-hydrogen) atoms. The molecular formula is C23H33N4O2. The number of nitrogens with zero attached hydrogens (tertiary/aromatic N) is 1. The average molecular weight is 398 g/mol. The molecule has 0 unspecified atom stereocenters. The van der Waals surface area contributed by atoms with Gasteiger partial charge in [-0.3, -0.25) is 4.79 Å². The number of nitrogens with one attached hydrogen (secondary N) is 2. The van der Waals surface area contributed by atoms with E-state index in [2.05, 4.69) is 22.9 Å². The SMILES string of the molecule is CCCC1CCC(NC2CCC(c3cc4c(cc3C(N)=O)[N]C(=O)N4)CC2)CC1. The van der Waals surface area contributed by atoms with Gasteiger partial charge in [0.05, 0.1) is 11.4 Å². The van der Waals surface area contributed by atoms with Crippen molar-refractivity contribution in [2.75, 3.05) is 5.32 Å². The first kappa shape index (κ1) is 20.2. The number of hydrogen-bond acceptors (Lipinski definition) is 3. The zero-order valence-electron chi connectivity index (χ0n) is 17.4. The van der Waals surface area contributed by atoms with Crippen molar-refractivity contribution in [1.82, 2.24) is 10.6 Å². The molecule has 0 bridgehead atoms. The summed E-state index contributed by atoms with van der Waals surface area (Å²) in [6, 6.07) is 4.44. The maximum absolute atomic E-state index is 12.0. The Morgan fingerprint density at radius 2 is 1.76 bits per heavy atom. The number of primary amides is 1. The lowest BCUT2D eigenvalue weighted by Crippen LogP contribution is -2.42. The summed E-state index contributed by atoms with van der Waals surface area (Å²) in [6.45, 7) is 2.29. The van der Waals surface area contributed by atoms with Gasteiger partial charge in [0.2, 0.25) is 5.91 Å². The number of amides is 3. The van der Waals surface area contributed by atoms with Crippen LogP contribution >= 0.6 is 0 Å². The minimum atomic E-state index is -0.443. The van der Waals surface area contributed by atoms with Gasteiger partial charge in [0.1, 0.15) is 0 Å². The van der Waals surface area contributed by atoms with E-state index >= 15 is 0 Å². The normalized spacial score (nSPS) is 29.1. The Hall–Kier alpha value is -2.08. The number of fused-ring (bicyclic) bond motifs is 1. The number of carbonyl (C=O) groups excluding carboxylic acids is 2. The highest BCUT2D eigenvalue weighted by atomic mass is 16.2. The number of anilines is 1. The van der Waals surface area contributed by atoms with Crippen molar-refractivity contribution < 1.29 is 9.59 Å². The number of urea groups is 1. The molecule has 6 nitrogen and oxygen atoms in total. The fraction of sp³-hybridized carbons (Fsp3) is 0.652. The first-order valence-corrected chi connectivity index (χ1v) is 11.3. The summed E-state index contributed by atoms with van der Waals surface area (Å²) in [5.74, 6) is 0.799. The summed E-state index contributed by atoms with van der Waals surface area (Å²) >= 11 is 0. The number of benzene rings is 1. The quantitative estimate of drug-likeness (QED) is 0.657.